The lowest BCUT2D eigenvalue weighted by atomic mass is 9.96. The van der Waals surface area contributed by atoms with E-state index in [4.69, 9.17) is 4.74 Å². The zero-order valence-corrected chi connectivity index (χ0v) is 12.1. The van der Waals surface area contributed by atoms with E-state index < -0.39 is 0 Å². The van der Waals surface area contributed by atoms with E-state index in [9.17, 15) is 0 Å². The van der Waals surface area contributed by atoms with Crippen molar-refractivity contribution in [2.45, 2.75) is 39.2 Å². The summed E-state index contributed by atoms with van der Waals surface area (Å²) in [5.41, 5.74) is 1.13. The minimum Gasteiger partial charge on any atom is -0.381 e. The van der Waals surface area contributed by atoms with Gasteiger partial charge in [0.05, 0.1) is 5.69 Å². The standard InChI is InChI=1S/C15H25N3O/c1-3-15-16-8-4-14(17-15)12-18(2)9-5-13-6-10-19-11-7-13/h4,8,13H,3,5-7,9-12H2,1-2H3. The van der Waals surface area contributed by atoms with Gasteiger partial charge in [0.2, 0.25) is 0 Å². The van der Waals surface area contributed by atoms with Gasteiger partial charge in [-0.3, -0.25) is 0 Å². The second-order valence-electron chi connectivity index (χ2n) is 5.40. The molecule has 19 heavy (non-hydrogen) atoms. The number of hydrogen-bond donors (Lipinski definition) is 0. The molecule has 0 spiro atoms. The number of rotatable bonds is 6. The Bertz CT molecular complexity index is 377. The molecule has 106 valence electrons. The fourth-order valence-electron chi connectivity index (χ4n) is 2.49. The van der Waals surface area contributed by atoms with Gasteiger partial charge in [-0.25, -0.2) is 9.97 Å². The molecule has 2 heterocycles. The number of ether oxygens (including phenoxy) is 1. The van der Waals surface area contributed by atoms with E-state index in [0.29, 0.717) is 0 Å². The van der Waals surface area contributed by atoms with E-state index in [1.165, 1.54) is 19.3 Å². The highest BCUT2D eigenvalue weighted by molar-refractivity contribution is 5.02. The van der Waals surface area contributed by atoms with Crippen molar-refractivity contribution < 1.29 is 4.74 Å². The third-order valence-electron chi connectivity index (χ3n) is 3.77. The van der Waals surface area contributed by atoms with Crippen molar-refractivity contribution in [2.24, 2.45) is 5.92 Å². The van der Waals surface area contributed by atoms with Gasteiger partial charge in [0.25, 0.3) is 0 Å². The SMILES string of the molecule is CCc1nccc(CN(C)CCC2CCOCC2)n1. The highest BCUT2D eigenvalue weighted by Crippen LogP contribution is 2.18. The maximum Gasteiger partial charge on any atom is 0.128 e. The number of aromatic nitrogens is 2. The molecule has 0 N–H and O–H groups in total. The molecule has 0 atom stereocenters. The first kappa shape index (κ1) is 14.4. The van der Waals surface area contributed by atoms with Crippen molar-refractivity contribution in [2.75, 3.05) is 26.8 Å². The lowest BCUT2D eigenvalue weighted by molar-refractivity contribution is 0.0607. The first-order valence-electron chi connectivity index (χ1n) is 7.35. The maximum absolute atomic E-state index is 5.40. The van der Waals surface area contributed by atoms with Crippen LogP contribution in [-0.4, -0.2) is 41.7 Å². The zero-order valence-electron chi connectivity index (χ0n) is 12.1. The predicted molar refractivity (Wildman–Crippen MR) is 75.9 cm³/mol. The number of nitrogens with zero attached hydrogens (tertiary/aromatic N) is 3. The fraction of sp³-hybridized carbons (Fsp3) is 0.733. The molecule has 0 radical (unpaired) electrons. The van der Waals surface area contributed by atoms with Gasteiger partial charge < -0.3 is 9.64 Å². The Balaban J connectivity index is 1.75. The zero-order chi connectivity index (χ0) is 13.5. The molecule has 0 unspecified atom stereocenters. The largest absolute Gasteiger partial charge is 0.381 e. The summed E-state index contributed by atoms with van der Waals surface area (Å²) in [5.74, 6) is 1.78. The maximum atomic E-state index is 5.40. The molecular formula is C15H25N3O. The summed E-state index contributed by atoms with van der Waals surface area (Å²) in [6.07, 6.45) is 6.49. The van der Waals surface area contributed by atoms with Gasteiger partial charge in [0, 0.05) is 32.4 Å². The molecule has 4 heteroatoms. The van der Waals surface area contributed by atoms with E-state index in [2.05, 4.69) is 28.8 Å². The van der Waals surface area contributed by atoms with Crippen LogP contribution in [0.25, 0.3) is 0 Å². The van der Waals surface area contributed by atoms with Gasteiger partial charge >= 0.3 is 0 Å². The Morgan fingerprint density at radius 3 is 2.89 bits per heavy atom. The molecule has 1 aliphatic rings. The molecule has 1 fully saturated rings. The molecule has 0 aliphatic carbocycles. The second kappa shape index (κ2) is 7.56. The Morgan fingerprint density at radius 2 is 2.16 bits per heavy atom. The first-order chi connectivity index (χ1) is 9.28. The van der Waals surface area contributed by atoms with Gasteiger partial charge in [0.15, 0.2) is 0 Å². The van der Waals surface area contributed by atoms with E-state index in [-0.39, 0.29) is 0 Å². The average molecular weight is 263 g/mol. The van der Waals surface area contributed by atoms with Crippen molar-refractivity contribution >= 4 is 0 Å². The molecule has 1 saturated heterocycles. The third-order valence-corrected chi connectivity index (χ3v) is 3.77. The van der Waals surface area contributed by atoms with Crippen molar-refractivity contribution in [1.29, 1.82) is 0 Å². The van der Waals surface area contributed by atoms with Crippen molar-refractivity contribution in [1.82, 2.24) is 14.9 Å². The van der Waals surface area contributed by atoms with Crippen LogP contribution in [-0.2, 0) is 17.7 Å². The van der Waals surface area contributed by atoms with E-state index in [1.54, 1.807) is 0 Å². The van der Waals surface area contributed by atoms with E-state index in [0.717, 1.165) is 50.2 Å². The van der Waals surface area contributed by atoms with E-state index >= 15 is 0 Å². The highest BCUT2D eigenvalue weighted by atomic mass is 16.5. The Kier molecular flexibility index (Phi) is 5.73. The summed E-state index contributed by atoms with van der Waals surface area (Å²) in [6.45, 7) is 6.03. The summed E-state index contributed by atoms with van der Waals surface area (Å²) in [5, 5.41) is 0. The fourth-order valence-corrected chi connectivity index (χ4v) is 2.49. The predicted octanol–water partition coefficient (Wildman–Crippen LogP) is 2.29. The Labute approximate surface area is 116 Å². The van der Waals surface area contributed by atoms with Crippen LogP contribution in [0.3, 0.4) is 0 Å². The molecule has 0 amide bonds. The smallest absolute Gasteiger partial charge is 0.128 e. The summed E-state index contributed by atoms with van der Waals surface area (Å²) in [4.78, 5) is 11.2. The Morgan fingerprint density at radius 1 is 1.37 bits per heavy atom. The van der Waals surface area contributed by atoms with Gasteiger partial charge in [-0.15, -0.1) is 0 Å². The van der Waals surface area contributed by atoms with Gasteiger partial charge in [-0.2, -0.15) is 0 Å². The molecule has 0 bridgehead atoms. The molecule has 0 saturated carbocycles. The summed E-state index contributed by atoms with van der Waals surface area (Å²) < 4.78 is 5.40. The van der Waals surface area contributed by atoms with Crippen LogP contribution < -0.4 is 0 Å². The highest BCUT2D eigenvalue weighted by Gasteiger charge is 2.14. The van der Waals surface area contributed by atoms with Crippen LogP contribution in [0.5, 0.6) is 0 Å². The van der Waals surface area contributed by atoms with Crippen molar-refractivity contribution in [3.8, 4) is 0 Å². The van der Waals surface area contributed by atoms with Crippen LogP contribution in [0.4, 0.5) is 0 Å². The molecule has 2 rings (SSSR count). The van der Waals surface area contributed by atoms with Crippen LogP contribution in [0.1, 0.15) is 37.7 Å². The lowest BCUT2D eigenvalue weighted by Gasteiger charge is -2.24. The minimum absolute atomic E-state index is 0.841. The van der Waals surface area contributed by atoms with Crippen LogP contribution >= 0.6 is 0 Å². The quantitative estimate of drug-likeness (QED) is 0.789. The average Bonchev–Trinajstić information content (AvgIpc) is 2.46. The van der Waals surface area contributed by atoms with Crippen LogP contribution in [0, 0.1) is 5.92 Å². The summed E-state index contributed by atoms with van der Waals surface area (Å²) >= 11 is 0. The molecule has 4 nitrogen and oxygen atoms in total. The topological polar surface area (TPSA) is 38.2 Å². The Hall–Kier alpha value is -1.00. The van der Waals surface area contributed by atoms with E-state index in [1.807, 2.05) is 12.3 Å². The number of hydrogen-bond acceptors (Lipinski definition) is 4. The van der Waals surface area contributed by atoms with Crippen LogP contribution in [0.15, 0.2) is 12.3 Å². The molecule has 1 aromatic heterocycles. The monoisotopic (exact) mass is 263 g/mol. The summed E-state index contributed by atoms with van der Waals surface area (Å²) in [7, 11) is 2.17. The molecular weight excluding hydrogens is 238 g/mol. The molecule has 1 aliphatic heterocycles. The molecule has 0 aromatic carbocycles. The van der Waals surface area contributed by atoms with Gasteiger partial charge in [-0.05, 0) is 44.8 Å². The minimum atomic E-state index is 0.841. The van der Waals surface area contributed by atoms with Gasteiger partial charge in [0.1, 0.15) is 5.82 Å². The normalized spacial score (nSPS) is 17.0. The summed E-state index contributed by atoms with van der Waals surface area (Å²) in [6, 6.07) is 2.02. The third kappa shape index (κ3) is 4.88. The second-order valence-corrected chi connectivity index (χ2v) is 5.40. The van der Waals surface area contributed by atoms with Crippen molar-refractivity contribution in [3.05, 3.63) is 23.8 Å². The number of aryl methyl sites for hydroxylation is 1. The van der Waals surface area contributed by atoms with Gasteiger partial charge in [-0.1, -0.05) is 6.92 Å². The lowest BCUT2D eigenvalue weighted by Crippen LogP contribution is -2.24. The van der Waals surface area contributed by atoms with Crippen LogP contribution in [0.2, 0.25) is 0 Å². The first-order valence-corrected chi connectivity index (χ1v) is 7.35. The molecule has 1 aromatic rings. The van der Waals surface area contributed by atoms with Crippen molar-refractivity contribution in [3.63, 3.8) is 0 Å².